The van der Waals surface area contributed by atoms with Crippen molar-refractivity contribution in [3.63, 3.8) is 0 Å². The van der Waals surface area contributed by atoms with E-state index in [0.717, 1.165) is 25.7 Å². The summed E-state index contributed by atoms with van der Waals surface area (Å²) in [6.07, 6.45) is 5.04. The van der Waals surface area contributed by atoms with Crippen LogP contribution < -0.4 is 0 Å². The molecule has 4 nitrogen and oxygen atoms in total. The summed E-state index contributed by atoms with van der Waals surface area (Å²) in [5.74, 6) is -0.368. The topological polar surface area (TPSA) is 55.8 Å². The van der Waals surface area contributed by atoms with Gasteiger partial charge in [-0.15, -0.1) is 0 Å². The van der Waals surface area contributed by atoms with Gasteiger partial charge in [0.2, 0.25) is 0 Å². The lowest BCUT2D eigenvalue weighted by molar-refractivity contribution is -0.243. The van der Waals surface area contributed by atoms with Gasteiger partial charge in [0.25, 0.3) is 0 Å². The minimum Gasteiger partial charge on any atom is -0.462 e. The SMILES string of the molecule is C=CC(=O)OCC(C)(C)CCC(C)(C)CCCOO. The third kappa shape index (κ3) is 9.68. The van der Waals surface area contributed by atoms with Crippen molar-refractivity contribution < 1.29 is 19.7 Å². The molecule has 0 saturated carbocycles. The molecule has 0 rings (SSSR count). The molecule has 0 fully saturated rings. The molecule has 0 saturated heterocycles. The number of hydrogen-bond acceptors (Lipinski definition) is 4. The molecule has 0 aliphatic rings. The van der Waals surface area contributed by atoms with Gasteiger partial charge in [-0.2, -0.15) is 0 Å². The maximum Gasteiger partial charge on any atom is 0.330 e. The van der Waals surface area contributed by atoms with Crippen molar-refractivity contribution in [2.45, 2.75) is 53.4 Å². The van der Waals surface area contributed by atoms with Crippen LogP contribution in [0.1, 0.15) is 53.4 Å². The van der Waals surface area contributed by atoms with E-state index in [2.05, 4.69) is 39.2 Å². The van der Waals surface area contributed by atoms with Gasteiger partial charge in [0.15, 0.2) is 0 Å². The second kappa shape index (κ2) is 8.33. The van der Waals surface area contributed by atoms with Gasteiger partial charge in [-0.05, 0) is 36.5 Å². The normalized spacial score (nSPS) is 12.3. The van der Waals surface area contributed by atoms with Crippen LogP contribution in [0, 0.1) is 10.8 Å². The number of rotatable bonds is 10. The molecule has 0 aliphatic heterocycles. The number of carbonyl (C=O) groups excluding carboxylic acids is 1. The standard InChI is InChI=1S/C15H28O4/c1-6-13(16)18-12-15(4,5)10-9-14(2,3)8-7-11-19-17/h6,17H,1,7-12H2,2-5H3. The number of esters is 1. The van der Waals surface area contributed by atoms with E-state index in [1.54, 1.807) is 0 Å². The van der Waals surface area contributed by atoms with Gasteiger partial charge in [-0.3, -0.25) is 5.26 Å². The highest BCUT2D eigenvalue weighted by Crippen LogP contribution is 2.34. The Balaban J connectivity index is 4.05. The molecule has 112 valence electrons. The molecule has 19 heavy (non-hydrogen) atoms. The fourth-order valence-corrected chi connectivity index (χ4v) is 1.81. The Kier molecular flexibility index (Phi) is 7.95. The lowest BCUT2D eigenvalue weighted by Gasteiger charge is -2.30. The zero-order valence-corrected chi connectivity index (χ0v) is 12.7. The van der Waals surface area contributed by atoms with Crippen LogP contribution in [-0.2, 0) is 14.4 Å². The summed E-state index contributed by atoms with van der Waals surface area (Å²) in [6, 6.07) is 0. The number of hydrogen-bond donors (Lipinski definition) is 1. The van der Waals surface area contributed by atoms with Gasteiger partial charge >= 0.3 is 5.97 Å². The van der Waals surface area contributed by atoms with E-state index < -0.39 is 0 Å². The van der Waals surface area contributed by atoms with Crippen LogP contribution in [0.4, 0.5) is 0 Å². The predicted octanol–water partition coefficient (Wildman–Crippen LogP) is 3.82. The summed E-state index contributed by atoms with van der Waals surface area (Å²) in [6.45, 7) is 12.8. The van der Waals surface area contributed by atoms with Crippen molar-refractivity contribution in [3.05, 3.63) is 12.7 Å². The monoisotopic (exact) mass is 272 g/mol. The Labute approximate surface area is 116 Å². The van der Waals surface area contributed by atoms with E-state index in [-0.39, 0.29) is 16.8 Å². The van der Waals surface area contributed by atoms with Crippen molar-refractivity contribution in [1.82, 2.24) is 0 Å². The Morgan fingerprint density at radius 1 is 1.16 bits per heavy atom. The summed E-state index contributed by atoms with van der Waals surface area (Å²) in [7, 11) is 0. The van der Waals surface area contributed by atoms with Crippen molar-refractivity contribution in [2.24, 2.45) is 10.8 Å². The van der Waals surface area contributed by atoms with E-state index >= 15 is 0 Å². The van der Waals surface area contributed by atoms with E-state index in [1.807, 2.05) is 0 Å². The molecule has 4 heteroatoms. The molecule has 0 radical (unpaired) electrons. The van der Waals surface area contributed by atoms with Crippen LogP contribution in [0.5, 0.6) is 0 Å². The molecule has 0 heterocycles. The summed E-state index contributed by atoms with van der Waals surface area (Å²) in [5, 5.41) is 8.31. The minimum absolute atomic E-state index is 0.0383. The molecule has 0 amide bonds. The van der Waals surface area contributed by atoms with Gasteiger partial charge in [-0.25, -0.2) is 9.68 Å². The van der Waals surface area contributed by atoms with E-state index in [1.165, 1.54) is 6.08 Å². The van der Waals surface area contributed by atoms with Crippen molar-refractivity contribution in [2.75, 3.05) is 13.2 Å². The molecule has 0 atom stereocenters. The molecule has 1 N–H and O–H groups in total. The van der Waals surface area contributed by atoms with Crippen LogP contribution >= 0.6 is 0 Å². The van der Waals surface area contributed by atoms with Crippen LogP contribution in [0.2, 0.25) is 0 Å². The molecule has 0 aromatic carbocycles. The lowest BCUT2D eigenvalue weighted by Crippen LogP contribution is -2.24. The first-order valence-electron chi connectivity index (χ1n) is 6.78. The van der Waals surface area contributed by atoms with E-state index in [0.29, 0.717) is 13.2 Å². The Morgan fingerprint density at radius 2 is 1.74 bits per heavy atom. The Morgan fingerprint density at radius 3 is 2.26 bits per heavy atom. The van der Waals surface area contributed by atoms with Gasteiger partial charge in [0.05, 0.1) is 13.2 Å². The highest BCUT2D eigenvalue weighted by molar-refractivity contribution is 5.81. The molecule has 0 aromatic rings. The van der Waals surface area contributed by atoms with Crippen molar-refractivity contribution in [1.29, 1.82) is 0 Å². The molecule has 0 aromatic heterocycles. The van der Waals surface area contributed by atoms with Crippen LogP contribution in [0.3, 0.4) is 0 Å². The fourth-order valence-electron chi connectivity index (χ4n) is 1.81. The maximum absolute atomic E-state index is 11.1. The average molecular weight is 272 g/mol. The van der Waals surface area contributed by atoms with Gasteiger partial charge < -0.3 is 4.74 Å². The molecule has 0 aliphatic carbocycles. The number of ether oxygens (including phenoxy) is 1. The van der Waals surface area contributed by atoms with Gasteiger partial charge in [0, 0.05) is 6.08 Å². The smallest absolute Gasteiger partial charge is 0.330 e. The molecular weight excluding hydrogens is 244 g/mol. The minimum atomic E-state index is -0.368. The predicted molar refractivity (Wildman–Crippen MR) is 75.8 cm³/mol. The fraction of sp³-hybridized carbons (Fsp3) is 0.800. The third-order valence-corrected chi connectivity index (χ3v) is 3.34. The van der Waals surface area contributed by atoms with E-state index in [4.69, 9.17) is 9.99 Å². The molecule has 0 bridgehead atoms. The molecule has 0 unspecified atom stereocenters. The maximum atomic E-state index is 11.1. The first-order valence-corrected chi connectivity index (χ1v) is 6.78. The summed E-state index contributed by atoms with van der Waals surface area (Å²) in [5.41, 5.74) is 0.154. The van der Waals surface area contributed by atoms with Crippen molar-refractivity contribution in [3.8, 4) is 0 Å². The second-order valence-corrected chi connectivity index (χ2v) is 6.58. The number of carbonyl (C=O) groups is 1. The first-order chi connectivity index (χ1) is 8.72. The lowest BCUT2D eigenvalue weighted by atomic mass is 9.77. The van der Waals surface area contributed by atoms with Gasteiger partial charge in [0.1, 0.15) is 0 Å². The van der Waals surface area contributed by atoms with Crippen LogP contribution in [-0.4, -0.2) is 24.4 Å². The van der Waals surface area contributed by atoms with Crippen LogP contribution in [0.25, 0.3) is 0 Å². The average Bonchev–Trinajstić information content (AvgIpc) is 2.34. The highest BCUT2D eigenvalue weighted by atomic mass is 17.1. The summed E-state index contributed by atoms with van der Waals surface area (Å²) >= 11 is 0. The van der Waals surface area contributed by atoms with Gasteiger partial charge in [-0.1, -0.05) is 34.3 Å². The quantitative estimate of drug-likeness (QED) is 0.216. The second-order valence-electron chi connectivity index (χ2n) is 6.58. The third-order valence-electron chi connectivity index (χ3n) is 3.34. The molecule has 0 spiro atoms. The zero-order valence-electron chi connectivity index (χ0n) is 12.7. The highest BCUT2D eigenvalue weighted by Gasteiger charge is 2.25. The summed E-state index contributed by atoms with van der Waals surface area (Å²) < 4.78 is 5.11. The largest absolute Gasteiger partial charge is 0.462 e. The van der Waals surface area contributed by atoms with Crippen molar-refractivity contribution >= 4 is 5.97 Å². The first kappa shape index (κ1) is 18.1. The zero-order chi connectivity index (χ0) is 14.9. The summed E-state index contributed by atoms with van der Waals surface area (Å²) in [4.78, 5) is 15.1. The Hall–Kier alpha value is -0.870. The van der Waals surface area contributed by atoms with Crippen LogP contribution in [0.15, 0.2) is 12.7 Å². The Bertz CT molecular complexity index is 282. The molecular formula is C15H28O4. The van der Waals surface area contributed by atoms with E-state index in [9.17, 15) is 4.79 Å².